The molecule has 2 aromatic rings. The molecule has 3 atom stereocenters. The Hall–Kier alpha value is -2.08. The second-order valence-corrected chi connectivity index (χ2v) is 7.51. The van der Waals surface area contributed by atoms with Crippen molar-refractivity contribution in [2.24, 2.45) is 5.92 Å². The van der Waals surface area contributed by atoms with E-state index in [1.54, 1.807) is 24.3 Å². The smallest absolute Gasteiger partial charge is 0.119 e. The normalized spacial score (nSPS) is 25.3. The maximum Gasteiger partial charge on any atom is 0.119 e. The third kappa shape index (κ3) is 5.22. The number of phenols is 1. The SMILES string of the molecule is Cc1ccc(CC2(O)CCNC(O)C2CCCOc2ccc(O)cc2)cc1. The van der Waals surface area contributed by atoms with Crippen LogP contribution in [0.1, 0.15) is 30.4 Å². The van der Waals surface area contributed by atoms with Crippen LogP contribution in [0.4, 0.5) is 0 Å². The van der Waals surface area contributed by atoms with E-state index >= 15 is 0 Å². The van der Waals surface area contributed by atoms with Gasteiger partial charge in [-0.2, -0.15) is 0 Å². The van der Waals surface area contributed by atoms with Crippen LogP contribution in [-0.2, 0) is 6.42 Å². The van der Waals surface area contributed by atoms with E-state index < -0.39 is 11.8 Å². The van der Waals surface area contributed by atoms with Crippen molar-refractivity contribution in [3.63, 3.8) is 0 Å². The summed E-state index contributed by atoms with van der Waals surface area (Å²) in [4.78, 5) is 0. The van der Waals surface area contributed by atoms with Crippen LogP contribution in [0.15, 0.2) is 48.5 Å². The highest BCUT2D eigenvalue weighted by molar-refractivity contribution is 5.30. The first kappa shape index (κ1) is 19.7. The van der Waals surface area contributed by atoms with E-state index in [1.165, 1.54) is 5.56 Å². The number of aliphatic hydroxyl groups excluding tert-OH is 1. The monoisotopic (exact) mass is 371 g/mol. The lowest BCUT2D eigenvalue weighted by atomic mass is 9.74. The highest BCUT2D eigenvalue weighted by Crippen LogP contribution is 2.34. The Morgan fingerprint density at radius 1 is 1.11 bits per heavy atom. The zero-order chi connectivity index (χ0) is 19.3. The molecule has 3 unspecified atom stereocenters. The van der Waals surface area contributed by atoms with Crippen LogP contribution in [0.5, 0.6) is 11.5 Å². The molecule has 27 heavy (non-hydrogen) atoms. The van der Waals surface area contributed by atoms with Gasteiger partial charge >= 0.3 is 0 Å². The van der Waals surface area contributed by atoms with Gasteiger partial charge in [0, 0.05) is 18.9 Å². The molecule has 0 amide bonds. The van der Waals surface area contributed by atoms with Gasteiger partial charge < -0.3 is 20.1 Å². The van der Waals surface area contributed by atoms with Crippen molar-refractivity contribution >= 4 is 0 Å². The quantitative estimate of drug-likeness (QED) is 0.563. The lowest BCUT2D eigenvalue weighted by Gasteiger charge is -2.43. The highest BCUT2D eigenvalue weighted by Gasteiger charge is 2.43. The molecule has 1 saturated heterocycles. The Balaban J connectivity index is 1.58. The van der Waals surface area contributed by atoms with Crippen molar-refractivity contribution in [1.29, 1.82) is 0 Å². The van der Waals surface area contributed by atoms with Gasteiger partial charge in [0.25, 0.3) is 0 Å². The summed E-state index contributed by atoms with van der Waals surface area (Å²) in [6, 6.07) is 14.8. The van der Waals surface area contributed by atoms with Gasteiger partial charge in [0.15, 0.2) is 0 Å². The van der Waals surface area contributed by atoms with Crippen molar-refractivity contribution < 1.29 is 20.1 Å². The number of nitrogens with one attached hydrogen (secondary N) is 1. The Labute approximate surface area is 160 Å². The van der Waals surface area contributed by atoms with Gasteiger partial charge in [0.1, 0.15) is 17.7 Å². The molecule has 1 fully saturated rings. The minimum atomic E-state index is -0.932. The zero-order valence-electron chi connectivity index (χ0n) is 15.8. The van der Waals surface area contributed by atoms with Gasteiger partial charge in [-0.3, -0.25) is 5.32 Å². The largest absolute Gasteiger partial charge is 0.508 e. The number of rotatable bonds is 7. The standard InChI is InChI=1S/C22H29NO4/c1-16-4-6-17(7-5-16)15-22(26)12-13-23-21(25)20(22)3-2-14-27-19-10-8-18(24)9-11-19/h4-11,20-21,23-26H,2-3,12-15H2,1H3. The average Bonchev–Trinajstić information content (AvgIpc) is 2.64. The Morgan fingerprint density at radius 3 is 2.52 bits per heavy atom. The van der Waals surface area contributed by atoms with Crippen LogP contribution in [0, 0.1) is 12.8 Å². The summed E-state index contributed by atoms with van der Waals surface area (Å²) in [7, 11) is 0. The minimum absolute atomic E-state index is 0.208. The van der Waals surface area contributed by atoms with Gasteiger partial charge in [-0.25, -0.2) is 0 Å². The second kappa shape index (κ2) is 8.74. The molecule has 3 rings (SSSR count). The summed E-state index contributed by atoms with van der Waals surface area (Å²) in [5, 5.41) is 34.1. The molecule has 2 aromatic carbocycles. The number of hydrogen-bond acceptors (Lipinski definition) is 5. The molecule has 146 valence electrons. The highest BCUT2D eigenvalue weighted by atomic mass is 16.5. The van der Waals surface area contributed by atoms with Crippen LogP contribution in [0.3, 0.4) is 0 Å². The third-order valence-electron chi connectivity index (χ3n) is 5.38. The summed E-state index contributed by atoms with van der Waals surface area (Å²) >= 11 is 0. The molecule has 0 spiro atoms. The minimum Gasteiger partial charge on any atom is -0.508 e. The third-order valence-corrected chi connectivity index (χ3v) is 5.38. The number of aryl methyl sites for hydroxylation is 1. The molecule has 0 aliphatic carbocycles. The molecular formula is C22H29NO4. The molecule has 0 radical (unpaired) electrons. The van der Waals surface area contributed by atoms with Crippen LogP contribution in [0.25, 0.3) is 0 Å². The molecule has 5 nitrogen and oxygen atoms in total. The van der Waals surface area contributed by atoms with E-state index in [4.69, 9.17) is 4.74 Å². The molecule has 0 aromatic heterocycles. The molecule has 0 bridgehead atoms. The maximum absolute atomic E-state index is 11.3. The molecule has 4 N–H and O–H groups in total. The summed E-state index contributed by atoms with van der Waals surface area (Å²) < 4.78 is 5.69. The molecule has 5 heteroatoms. The summed E-state index contributed by atoms with van der Waals surface area (Å²) in [6.07, 6.45) is 1.81. The fourth-order valence-corrected chi connectivity index (χ4v) is 3.80. The summed E-state index contributed by atoms with van der Waals surface area (Å²) in [5.74, 6) is 0.654. The molecule has 0 saturated carbocycles. The first-order valence-electron chi connectivity index (χ1n) is 9.57. The Bertz CT molecular complexity index is 716. The predicted octanol–water partition coefficient (Wildman–Crippen LogP) is 2.76. The number of ether oxygens (including phenoxy) is 1. The Morgan fingerprint density at radius 2 is 1.81 bits per heavy atom. The maximum atomic E-state index is 11.3. The number of benzene rings is 2. The van der Waals surface area contributed by atoms with Crippen molar-refractivity contribution in [3.05, 3.63) is 59.7 Å². The van der Waals surface area contributed by atoms with Gasteiger partial charge in [-0.05, 0) is 56.0 Å². The van der Waals surface area contributed by atoms with E-state index in [2.05, 4.69) is 17.4 Å². The van der Waals surface area contributed by atoms with Crippen LogP contribution < -0.4 is 10.1 Å². The number of aromatic hydroxyl groups is 1. The van der Waals surface area contributed by atoms with E-state index in [0.29, 0.717) is 38.2 Å². The number of piperidine rings is 1. The van der Waals surface area contributed by atoms with Crippen molar-refractivity contribution in [3.8, 4) is 11.5 Å². The number of aliphatic hydroxyl groups is 2. The van der Waals surface area contributed by atoms with Crippen molar-refractivity contribution in [1.82, 2.24) is 5.32 Å². The summed E-state index contributed by atoms with van der Waals surface area (Å²) in [5.41, 5.74) is 1.35. The van der Waals surface area contributed by atoms with Crippen LogP contribution in [0.2, 0.25) is 0 Å². The first-order valence-corrected chi connectivity index (χ1v) is 9.57. The molecule has 1 heterocycles. The summed E-state index contributed by atoms with van der Waals surface area (Å²) in [6.45, 7) is 3.14. The average molecular weight is 371 g/mol. The van der Waals surface area contributed by atoms with Crippen molar-refractivity contribution in [2.75, 3.05) is 13.2 Å². The van der Waals surface area contributed by atoms with Crippen molar-refractivity contribution in [2.45, 2.75) is 44.4 Å². The van der Waals surface area contributed by atoms with Gasteiger partial charge in [-0.15, -0.1) is 0 Å². The van der Waals surface area contributed by atoms with E-state index in [1.807, 2.05) is 19.1 Å². The van der Waals surface area contributed by atoms with E-state index in [-0.39, 0.29) is 11.7 Å². The predicted molar refractivity (Wildman–Crippen MR) is 105 cm³/mol. The molecule has 1 aliphatic heterocycles. The van der Waals surface area contributed by atoms with Crippen LogP contribution >= 0.6 is 0 Å². The van der Waals surface area contributed by atoms with Crippen LogP contribution in [-0.4, -0.2) is 40.3 Å². The fourth-order valence-electron chi connectivity index (χ4n) is 3.80. The van der Waals surface area contributed by atoms with E-state index in [0.717, 1.165) is 12.0 Å². The van der Waals surface area contributed by atoms with Gasteiger partial charge in [0.2, 0.25) is 0 Å². The first-order chi connectivity index (χ1) is 13.0. The number of phenolic OH excluding ortho intramolecular Hbond substituents is 1. The topological polar surface area (TPSA) is 82.0 Å². The number of hydrogen-bond donors (Lipinski definition) is 4. The molecular weight excluding hydrogens is 342 g/mol. The zero-order valence-corrected chi connectivity index (χ0v) is 15.8. The van der Waals surface area contributed by atoms with Gasteiger partial charge in [0.05, 0.1) is 12.2 Å². The Kier molecular flexibility index (Phi) is 6.37. The van der Waals surface area contributed by atoms with E-state index in [9.17, 15) is 15.3 Å². The fraction of sp³-hybridized carbons (Fsp3) is 0.455. The van der Waals surface area contributed by atoms with Gasteiger partial charge in [-0.1, -0.05) is 29.8 Å². The lowest BCUT2D eigenvalue weighted by Crippen LogP contribution is -2.57. The lowest BCUT2D eigenvalue weighted by molar-refractivity contribution is -0.113. The second-order valence-electron chi connectivity index (χ2n) is 7.51. The molecule has 1 aliphatic rings.